The molecule has 1 aliphatic rings. The number of nitrogens with one attached hydrogen (secondary N) is 2. The van der Waals surface area contributed by atoms with Crippen molar-refractivity contribution in [2.75, 3.05) is 25.5 Å². The molecule has 4 rings (SSSR count). The number of nitrogens with zero attached hydrogens (tertiary/aromatic N) is 2. The van der Waals surface area contributed by atoms with Crippen molar-refractivity contribution in [3.8, 4) is 11.5 Å². The molecule has 1 aliphatic heterocycles. The Hall–Kier alpha value is -2.28. The van der Waals surface area contributed by atoms with E-state index in [1.165, 1.54) is 6.33 Å². The summed E-state index contributed by atoms with van der Waals surface area (Å²) < 4.78 is 11.8. The van der Waals surface area contributed by atoms with E-state index in [-0.39, 0.29) is 6.10 Å². The molecule has 0 radical (unpaired) electrons. The van der Waals surface area contributed by atoms with Crippen LogP contribution in [0.2, 0.25) is 10.0 Å². The molecule has 1 fully saturated rings. The average Bonchev–Trinajstić information content (AvgIpc) is 2.71. The molecule has 2 heterocycles. The zero-order valence-corrected chi connectivity index (χ0v) is 16.8. The Balaban J connectivity index is 1.71. The van der Waals surface area contributed by atoms with Crippen molar-refractivity contribution in [3.05, 3.63) is 46.7 Å². The summed E-state index contributed by atoms with van der Waals surface area (Å²) in [5, 5.41) is 8.51. The molecule has 0 atom stereocenters. The number of fused-ring (bicyclic) bond motifs is 1. The smallest absolute Gasteiger partial charge is 0.162 e. The number of anilines is 2. The number of benzene rings is 2. The van der Waals surface area contributed by atoms with E-state index >= 15 is 0 Å². The first-order valence-corrected chi connectivity index (χ1v) is 9.82. The van der Waals surface area contributed by atoms with Crippen LogP contribution in [-0.2, 0) is 0 Å². The molecular formula is C20H20Cl2N4O2. The standard InChI is InChI=1S/C20H20Cl2N4O2/c1-27-18-10-17-14(9-19(18)28-13-4-6-23-7-5-13)20(25-11-24-17)26-16-3-2-12(21)8-15(16)22/h2-3,8-11,13,23H,4-7H2,1H3,(H,24,25,26). The summed E-state index contributed by atoms with van der Waals surface area (Å²) in [5.74, 6) is 1.97. The second-order valence-corrected chi connectivity index (χ2v) is 7.40. The molecule has 2 N–H and O–H groups in total. The molecule has 1 aromatic heterocycles. The number of aromatic nitrogens is 2. The first-order chi connectivity index (χ1) is 13.6. The Morgan fingerprint density at radius 1 is 1.07 bits per heavy atom. The summed E-state index contributed by atoms with van der Waals surface area (Å²) in [6.07, 6.45) is 3.57. The molecule has 28 heavy (non-hydrogen) atoms. The van der Waals surface area contributed by atoms with E-state index in [9.17, 15) is 0 Å². The Morgan fingerprint density at radius 3 is 2.64 bits per heavy atom. The molecule has 8 heteroatoms. The Kier molecular flexibility index (Phi) is 5.71. The van der Waals surface area contributed by atoms with E-state index in [1.807, 2.05) is 18.2 Å². The van der Waals surface area contributed by atoms with Gasteiger partial charge in [0, 0.05) is 16.5 Å². The van der Waals surface area contributed by atoms with Crippen LogP contribution in [0.4, 0.5) is 11.5 Å². The van der Waals surface area contributed by atoms with Crippen LogP contribution in [0, 0.1) is 0 Å². The number of ether oxygens (including phenoxy) is 2. The predicted molar refractivity (Wildman–Crippen MR) is 112 cm³/mol. The molecule has 0 amide bonds. The lowest BCUT2D eigenvalue weighted by atomic mass is 10.1. The molecule has 0 spiro atoms. The van der Waals surface area contributed by atoms with Gasteiger partial charge in [0.1, 0.15) is 18.2 Å². The molecule has 2 aromatic carbocycles. The van der Waals surface area contributed by atoms with Gasteiger partial charge in [-0.3, -0.25) is 0 Å². The number of methoxy groups -OCH3 is 1. The maximum absolute atomic E-state index is 6.30. The number of piperidine rings is 1. The SMILES string of the molecule is COc1cc2ncnc(Nc3ccc(Cl)cc3Cl)c2cc1OC1CCNCC1. The predicted octanol–water partition coefficient (Wildman–Crippen LogP) is 4.82. The van der Waals surface area contributed by atoms with Gasteiger partial charge >= 0.3 is 0 Å². The number of hydrogen-bond donors (Lipinski definition) is 2. The van der Waals surface area contributed by atoms with Crippen LogP contribution < -0.4 is 20.1 Å². The molecule has 0 unspecified atom stereocenters. The van der Waals surface area contributed by atoms with E-state index < -0.39 is 0 Å². The fourth-order valence-corrected chi connectivity index (χ4v) is 3.68. The van der Waals surface area contributed by atoms with Crippen molar-refractivity contribution >= 4 is 45.6 Å². The molecular weight excluding hydrogens is 399 g/mol. The van der Waals surface area contributed by atoms with Gasteiger partial charge in [-0.2, -0.15) is 0 Å². The molecule has 1 saturated heterocycles. The van der Waals surface area contributed by atoms with Gasteiger partial charge in [-0.15, -0.1) is 0 Å². The monoisotopic (exact) mass is 418 g/mol. The van der Waals surface area contributed by atoms with E-state index in [2.05, 4.69) is 20.6 Å². The Labute approximate surface area is 173 Å². The second kappa shape index (κ2) is 8.39. The third-order valence-corrected chi connectivity index (χ3v) is 5.23. The van der Waals surface area contributed by atoms with Crippen molar-refractivity contribution in [1.29, 1.82) is 0 Å². The number of hydrogen-bond acceptors (Lipinski definition) is 6. The van der Waals surface area contributed by atoms with E-state index in [0.29, 0.717) is 33.0 Å². The largest absolute Gasteiger partial charge is 0.493 e. The zero-order chi connectivity index (χ0) is 19.5. The van der Waals surface area contributed by atoms with E-state index in [1.54, 1.807) is 19.2 Å². The van der Waals surface area contributed by atoms with E-state index in [4.69, 9.17) is 32.7 Å². The second-order valence-electron chi connectivity index (χ2n) is 6.56. The number of halogens is 2. The van der Waals surface area contributed by atoms with Crippen molar-refractivity contribution in [2.24, 2.45) is 0 Å². The summed E-state index contributed by atoms with van der Waals surface area (Å²) in [6, 6.07) is 9.05. The number of rotatable bonds is 5. The maximum Gasteiger partial charge on any atom is 0.162 e. The lowest BCUT2D eigenvalue weighted by Crippen LogP contribution is -2.34. The van der Waals surface area contributed by atoms with Crippen molar-refractivity contribution in [3.63, 3.8) is 0 Å². The Morgan fingerprint density at radius 2 is 1.89 bits per heavy atom. The van der Waals surface area contributed by atoms with E-state index in [0.717, 1.165) is 36.8 Å². The zero-order valence-electron chi connectivity index (χ0n) is 15.3. The summed E-state index contributed by atoms with van der Waals surface area (Å²) in [5.41, 5.74) is 1.46. The van der Waals surface area contributed by atoms with Crippen LogP contribution in [-0.4, -0.2) is 36.3 Å². The van der Waals surface area contributed by atoms with Crippen LogP contribution in [0.15, 0.2) is 36.7 Å². The fourth-order valence-electron chi connectivity index (χ4n) is 3.23. The lowest BCUT2D eigenvalue weighted by molar-refractivity contribution is 0.157. The van der Waals surface area contributed by atoms with Crippen LogP contribution in [0.3, 0.4) is 0 Å². The fraction of sp³-hybridized carbons (Fsp3) is 0.300. The molecule has 6 nitrogen and oxygen atoms in total. The lowest BCUT2D eigenvalue weighted by Gasteiger charge is -2.25. The topological polar surface area (TPSA) is 68.3 Å². The normalized spacial score (nSPS) is 14.8. The van der Waals surface area contributed by atoms with Gasteiger partial charge < -0.3 is 20.1 Å². The van der Waals surface area contributed by atoms with Gasteiger partial charge in [-0.1, -0.05) is 23.2 Å². The minimum absolute atomic E-state index is 0.152. The van der Waals surface area contributed by atoms with Gasteiger partial charge in [-0.25, -0.2) is 9.97 Å². The summed E-state index contributed by atoms with van der Waals surface area (Å²) >= 11 is 12.3. The third-order valence-electron chi connectivity index (χ3n) is 4.68. The van der Waals surface area contributed by atoms with Crippen LogP contribution >= 0.6 is 23.2 Å². The molecule has 0 saturated carbocycles. The minimum atomic E-state index is 0.152. The van der Waals surface area contributed by atoms with Crippen molar-refractivity contribution in [1.82, 2.24) is 15.3 Å². The van der Waals surface area contributed by atoms with Gasteiger partial charge in [0.25, 0.3) is 0 Å². The maximum atomic E-state index is 6.30. The van der Waals surface area contributed by atoms with Crippen LogP contribution in [0.25, 0.3) is 10.9 Å². The molecule has 146 valence electrons. The third kappa shape index (κ3) is 4.09. The summed E-state index contributed by atoms with van der Waals surface area (Å²) in [6.45, 7) is 1.90. The first kappa shape index (κ1) is 19.1. The highest BCUT2D eigenvalue weighted by Gasteiger charge is 2.18. The van der Waals surface area contributed by atoms with Gasteiger partial charge in [0.2, 0.25) is 0 Å². The highest BCUT2D eigenvalue weighted by molar-refractivity contribution is 6.36. The highest BCUT2D eigenvalue weighted by atomic mass is 35.5. The van der Waals surface area contributed by atoms with Crippen molar-refractivity contribution < 1.29 is 9.47 Å². The van der Waals surface area contributed by atoms with Gasteiger partial charge in [0.15, 0.2) is 11.5 Å². The first-order valence-electron chi connectivity index (χ1n) is 9.06. The minimum Gasteiger partial charge on any atom is -0.493 e. The van der Waals surface area contributed by atoms with Crippen LogP contribution in [0.1, 0.15) is 12.8 Å². The van der Waals surface area contributed by atoms with Gasteiger partial charge in [0.05, 0.1) is 23.3 Å². The Bertz CT molecular complexity index is 993. The quantitative estimate of drug-likeness (QED) is 0.618. The average molecular weight is 419 g/mol. The van der Waals surface area contributed by atoms with Gasteiger partial charge in [-0.05, 0) is 50.2 Å². The molecule has 0 bridgehead atoms. The summed E-state index contributed by atoms with van der Waals surface area (Å²) in [4.78, 5) is 8.75. The highest BCUT2D eigenvalue weighted by Crippen LogP contribution is 2.37. The summed E-state index contributed by atoms with van der Waals surface area (Å²) in [7, 11) is 1.63. The molecule has 3 aromatic rings. The van der Waals surface area contributed by atoms with Crippen molar-refractivity contribution in [2.45, 2.75) is 18.9 Å². The molecule has 0 aliphatic carbocycles. The van der Waals surface area contributed by atoms with Crippen LogP contribution in [0.5, 0.6) is 11.5 Å².